The molecule has 0 aliphatic carbocycles. The van der Waals surface area contributed by atoms with Gasteiger partial charge in [0.05, 0.1) is 29.6 Å². The quantitative estimate of drug-likeness (QED) is 0.785. The largest absolute Gasteiger partial charge is 0.269 e. The molecule has 0 fully saturated rings. The first-order chi connectivity index (χ1) is 9.77. The predicted octanol–water partition coefficient (Wildman–Crippen LogP) is 2.30. The Hall–Kier alpha value is -2.56. The second-order valence-electron chi connectivity index (χ2n) is 3.94. The highest BCUT2D eigenvalue weighted by Crippen LogP contribution is 2.23. The number of hydrogen-bond donors (Lipinski definition) is 0. The monoisotopic (exact) mass is 269 g/mol. The number of rotatable bonds is 2. The minimum absolute atomic E-state index is 0.153. The summed E-state index contributed by atoms with van der Waals surface area (Å²) in [5.41, 5.74) is 1.49. The van der Waals surface area contributed by atoms with Crippen molar-refractivity contribution in [2.24, 2.45) is 0 Å². The molecule has 20 heavy (non-hydrogen) atoms. The molecule has 2 heterocycles. The van der Waals surface area contributed by atoms with E-state index in [4.69, 9.17) is 0 Å². The predicted molar refractivity (Wildman–Crippen MR) is 74.0 cm³/mol. The number of carbonyl (C=O) groups is 2. The van der Waals surface area contributed by atoms with Crippen LogP contribution >= 0.6 is 0 Å². The molecule has 0 radical (unpaired) electrons. The van der Waals surface area contributed by atoms with Crippen LogP contribution in [0.5, 0.6) is 0 Å². The molecule has 1 aliphatic heterocycles. The fourth-order valence-electron chi connectivity index (χ4n) is 1.96. The van der Waals surface area contributed by atoms with Gasteiger partial charge in [-0.15, -0.1) is 0 Å². The van der Waals surface area contributed by atoms with Crippen LogP contribution in [0.25, 0.3) is 0 Å². The first kappa shape index (κ1) is 13.9. The fourth-order valence-corrected chi connectivity index (χ4v) is 1.96. The topological polar surface area (TPSA) is 63.2 Å². The smallest absolute Gasteiger partial charge is 0.261 e. The molecule has 102 valence electrons. The molecule has 0 atom stereocenters. The zero-order chi connectivity index (χ0) is 14.5. The van der Waals surface area contributed by atoms with Crippen LogP contribution in [-0.4, -0.2) is 26.7 Å². The second-order valence-corrected chi connectivity index (χ2v) is 3.94. The molecule has 2 amide bonds. The van der Waals surface area contributed by atoms with E-state index in [0.717, 1.165) is 0 Å². The number of imide groups is 1. The van der Waals surface area contributed by atoms with E-state index in [9.17, 15) is 9.59 Å². The summed E-state index contributed by atoms with van der Waals surface area (Å²) in [4.78, 5) is 33.3. The minimum Gasteiger partial charge on any atom is -0.269 e. The van der Waals surface area contributed by atoms with Crippen molar-refractivity contribution in [3.63, 3.8) is 0 Å². The molecule has 0 saturated carbocycles. The lowest BCUT2D eigenvalue weighted by atomic mass is 10.1. The number of aromatic nitrogens is 2. The molecule has 0 bridgehead atoms. The van der Waals surface area contributed by atoms with E-state index in [1.165, 1.54) is 11.1 Å². The molecule has 1 aromatic carbocycles. The van der Waals surface area contributed by atoms with Gasteiger partial charge in [-0.05, 0) is 12.1 Å². The first-order valence-corrected chi connectivity index (χ1v) is 6.47. The Morgan fingerprint density at radius 2 is 1.60 bits per heavy atom. The number of carbonyl (C=O) groups excluding carboxylic acids is 2. The number of benzene rings is 1. The summed E-state index contributed by atoms with van der Waals surface area (Å²) < 4.78 is 0. The van der Waals surface area contributed by atoms with Gasteiger partial charge in [0, 0.05) is 12.4 Å². The van der Waals surface area contributed by atoms with Crippen molar-refractivity contribution < 1.29 is 9.59 Å². The van der Waals surface area contributed by atoms with E-state index < -0.39 is 0 Å². The maximum atomic E-state index is 12.1. The third kappa shape index (κ3) is 2.42. The Labute approximate surface area is 117 Å². The highest BCUT2D eigenvalue weighted by Gasteiger charge is 2.35. The lowest BCUT2D eigenvalue weighted by Crippen LogP contribution is -2.29. The Bertz CT molecular complexity index is 591. The number of amides is 2. The number of nitrogens with zero attached hydrogens (tertiary/aromatic N) is 3. The lowest BCUT2D eigenvalue weighted by Gasteiger charge is -2.12. The summed E-state index contributed by atoms with van der Waals surface area (Å²) in [5, 5.41) is 0. The van der Waals surface area contributed by atoms with Crippen molar-refractivity contribution in [2.45, 2.75) is 20.4 Å². The maximum Gasteiger partial charge on any atom is 0.261 e. The van der Waals surface area contributed by atoms with Crippen molar-refractivity contribution in [1.29, 1.82) is 0 Å². The van der Waals surface area contributed by atoms with Gasteiger partial charge in [0.1, 0.15) is 0 Å². The van der Waals surface area contributed by atoms with Gasteiger partial charge < -0.3 is 0 Å². The van der Waals surface area contributed by atoms with E-state index in [-0.39, 0.29) is 18.4 Å². The normalized spacial score (nSPS) is 12.8. The van der Waals surface area contributed by atoms with Crippen molar-refractivity contribution in [3.8, 4) is 0 Å². The summed E-state index contributed by atoms with van der Waals surface area (Å²) >= 11 is 0. The van der Waals surface area contributed by atoms with E-state index in [1.54, 1.807) is 36.7 Å². The zero-order valence-electron chi connectivity index (χ0n) is 11.4. The zero-order valence-corrected chi connectivity index (χ0v) is 11.4. The van der Waals surface area contributed by atoms with Gasteiger partial charge in [-0.3, -0.25) is 24.5 Å². The van der Waals surface area contributed by atoms with Crippen LogP contribution < -0.4 is 0 Å². The maximum absolute atomic E-state index is 12.1. The van der Waals surface area contributed by atoms with Crippen molar-refractivity contribution in [2.75, 3.05) is 0 Å². The molecular weight excluding hydrogens is 254 g/mol. The molecule has 0 saturated heterocycles. The molecule has 5 nitrogen and oxygen atoms in total. The van der Waals surface area contributed by atoms with E-state index in [1.807, 2.05) is 13.8 Å². The third-order valence-electron chi connectivity index (χ3n) is 2.81. The van der Waals surface area contributed by atoms with Gasteiger partial charge in [0.25, 0.3) is 11.8 Å². The standard InChI is InChI=1S/C13H9N3O2.C2H6/c17-12-10-3-1-2-4-11(10)13(18)16(12)8-9-7-14-5-6-15-9;1-2/h1-7H,8H2;1-2H3. The summed E-state index contributed by atoms with van der Waals surface area (Å²) in [6.45, 7) is 4.15. The Kier molecular flexibility index (Phi) is 4.20. The van der Waals surface area contributed by atoms with Crippen molar-refractivity contribution in [3.05, 3.63) is 59.7 Å². The Morgan fingerprint density at radius 3 is 2.10 bits per heavy atom. The molecule has 1 aromatic heterocycles. The average molecular weight is 269 g/mol. The van der Waals surface area contributed by atoms with Gasteiger partial charge in [0.15, 0.2) is 0 Å². The molecule has 5 heteroatoms. The molecule has 1 aliphatic rings. The van der Waals surface area contributed by atoms with E-state index in [2.05, 4.69) is 9.97 Å². The second kappa shape index (κ2) is 6.06. The van der Waals surface area contributed by atoms with Crippen molar-refractivity contribution >= 4 is 11.8 Å². The molecule has 0 N–H and O–H groups in total. The van der Waals surface area contributed by atoms with Crippen LogP contribution in [0.2, 0.25) is 0 Å². The Morgan fingerprint density at radius 1 is 1.00 bits per heavy atom. The molecule has 2 aromatic rings. The Balaban J connectivity index is 0.000000704. The van der Waals surface area contributed by atoms with E-state index in [0.29, 0.717) is 16.8 Å². The third-order valence-corrected chi connectivity index (χ3v) is 2.81. The molecular formula is C15H15N3O2. The molecule has 0 spiro atoms. The van der Waals surface area contributed by atoms with Crippen LogP contribution in [0.3, 0.4) is 0 Å². The summed E-state index contributed by atoms with van der Waals surface area (Å²) in [6.07, 6.45) is 4.63. The highest BCUT2D eigenvalue weighted by atomic mass is 16.2. The SMILES string of the molecule is CC.O=C1c2ccccc2C(=O)N1Cc1cnccn1. The van der Waals surface area contributed by atoms with E-state index >= 15 is 0 Å². The highest BCUT2D eigenvalue weighted by molar-refractivity contribution is 6.21. The fraction of sp³-hybridized carbons (Fsp3) is 0.200. The van der Waals surface area contributed by atoms with Gasteiger partial charge in [0.2, 0.25) is 0 Å². The summed E-state index contributed by atoms with van der Waals surface area (Å²) in [5.74, 6) is -0.553. The lowest BCUT2D eigenvalue weighted by molar-refractivity contribution is 0.0640. The van der Waals surface area contributed by atoms with Gasteiger partial charge in [-0.25, -0.2) is 0 Å². The molecule has 0 unspecified atom stereocenters. The summed E-state index contributed by atoms with van der Waals surface area (Å²) in [7, 11) is 0. The molecule has 3 rings (SSSR count). The van der Waals surface area contributed by atoms with Crippen LogP contribution in [0.15, 0.2) is 42.9 Å². The minimum atomic E-state index is -0.277. The van der Waals surface area contributed by atoms with Gasteiger partial charge >= 0.3 is 0 Å². The van der Waals surface area contributed by atoms with Gasteiger partial charge in [-0.2, -0.15) is 0 Å². The average Bonchev–Trinajstić information content (AvgIpc) is 2.76. The van der Waals surface area contributed by atoms with Crippen molar-refractivity contribution in [1.82, 2.24) is 14.9 Å². The number of fused-ring (bicyclic) bond motifs is 1. The van der Waals surface area contributed by atoms with Crippen LogP contribution in [0, 0.1) is 0 Å². The van der Waals surface area contributed by atoms with Crippen LogP contribution in [0.1, 0.15) is 40.3 Å². The van der Waals surface area contributed by atoms with Gasteiger partial charge in [-0.1, -0.05) is 26.0 Å². The first-order valence-electron chi connectivity index (χ1n) is 6.47. The summed E-state index contributed by atoms with van der Waals surface area (Å²) in [6, 6.07) is 6.81. The number of hydrogen-bond acceptors (Lipinski definition) is 4. The van der Waals surface area contributed by atoms with Crippen LogP contribution in [0.4, 0.5) is 0 Å². The van der Waals surface area contributed by atoms with Crippen LogP contribution in [-0.2, 0) is 6.54 Å².